The maximum Gasteiger partial charge on any atom is 0.343 e. The highest BCUT2D eigenvalue weighted by Gasteiger charge is 2.20. The second kappa shape index (κ2) is 7.38. The smallest absolute Gasteiger partial charge is 0.343 e. The Bertz CT molecular complexity index is 850. The summed E-state index contributed by atoms with van der Waals surface area (Å²) < 4.78 is 21.0. The topological polar surface area (TPSA) is 48.3 Å². The number of pyridine rings is 1. The maximum atomic E-state index is 14.1. The number of carbonyl (C=O) groups is 1. The number of hydrogen-bond acceptors (Lipinski definition) is 3. The van der Waals surface area contributed by atoms with E-state index in [9.17, 15) is 14.0 Å². The summed E-state index contributed by atoms with van der Waals surface area (Å²) in [5, 5.41) is 0.375. The molecule has 1 heterocycles. The van der Waals surface area contributed by atoms with Gasteiger partial charge in [-0.2, -0.15) is 0 Å². The zero-order valence-electron chi connectivity index (χ0n) is 14.8. The van der Waals surface area contributed by atoms with Gasteiger partial charge < -0.3 is 9.30 Å². The standard InChI is InChI=1S/C20H24FNO3/c1-3-25-20(24)16-12-22(11-14-7-5-4-6-8-14)18-10-17(21)13(2)9-15(18)19(16)23/h9-10,12,14H,3-8,11H2,1-2H3. The predicted molar refractivity (Wildman–Crippen MR) is 95.4 cm³/mol. The zero-order chi connectivity index (χ0) is 18.0. The zero-order valence-corrected chi connectivity index (χ0v) is 14.8. The maximum absolute atomic E-state index is 14.1. The molecule has 1 fully saturated rings. The lowest BCUT2D eigenvalue weighted by Gasteiger charge is -2.24. The van der Waals surface area contributed by atoms with Gasteiger partial charge in [0.2, 0.25) is 5.43 Å². The first-order valence-corrected chi connectivity index (χ1v) is 9.01. The fraction of sp³-hybridized carbons (Fsp3) is 0.500. The van der Waals surface area contributed by atoms with Gasteiger partial charge in [-0.3, -0.25) is 4.79 Å². The molecule has 0 N–H and O–H groups in total. The average molecular weight is 345 g/mol. The Hall–Kier alpha value is -2.17. The lowest BCUT2D eigenvalue weighted by Crippen LogP contribution is -2.23. The molecule has 1 aromatic heterocycles. The number of benzene rings is 1. The summed E-state index contributed by atoms with van der Waals surface area (Å²) in [5.74, 6) is -0.471. The Kier molecular flexibility index (Phi) is 5.21. The molecule has 0 radical (unpaired) electrons. The minimum absolute atomic E-state index is 0.0242. The Morgan fingerprint density at radius 2 is 2.00 bits per heavy atom. The third-order valence-corrected chi connectivity index (χ3v) is 5.04. The highest BCUT2D eigenvalue weighted by molar-refractivity contribution is 5.94. The second-order valence-corrected chi connectivity index (χ2v) is 6.87. The van der Waals surface area contributed by atoms with Gasteiger partial charge in [-0.1, -0.05) is 19.3 Å². The van der Waals surface area contributed by atoms with Gasteiger partial charge in [-0.25, -0.2) is 9.18 Å². The highest BCUT2D eigenvalue weighted by atomic mass is 19.1. The van der Waals surface area contributed by atoms with Gasteiger partial charge in [0.25, 0.3) is 0 Å². The number of rotatable bonds is 4. The van der Waals surface area contributed by atoms with Crippen LogP contribution in [0, 0.1) is 18.7 Å². The fourth-order valence-corrected chi connectivity index (χ4v) is 3.67. The normalized spacial score (nSPS) is 15.5. The number of aryl methyl sites for hydroxylation is 1. The van der Waals surface area contributed by atoms with Crippen molar-refractivity contribution in [2.75, 3.05) is 6.61 Å². The number of halogens is 1. The first-order chi connectivity index (χ1) is 12.0. The van der Waals surface area contributed by atoms with E-state index >= 15 is 0 Å². The number of ether oxygens (including phenoxy) is 1. The van der Waals surface area contributed by atoms with Crippen LogP contribution in [-0.4, -0.2) is 17.1 Å². The van der Waals surface area contributed by atoms with Crippen molar-refractivity contribution in [1.82, 2.24) is 4.57 Å². The number of aromatic nitrogens is 1. The molecular formula is C20H24FNO3. The molecule has 2 aromatic rings. The van der Waals surface area contributed by atoms with E-state index in [0.717, 1.165) is 12.8 Å². The van der Waals surface area contributed by atoms with Crippen LogP contribution < -0.4 is 5.43 Å². The van der Waals surface area contributed by atoms with Crippen molar-refractivity contribution in [2.45, 2.75) is 52.5 Å². The SMILES string of the molecule is CCOC(=O)c1cn(CC2CCCCC2)c2cc(F)c(C)cc2c1=O. The number of fused-ring (bicyclic) bond motifs is 1. The van der Waals surface area contributed by atoms with E-state index in [2.05, 4.69) is 0 Å². The van der Waals surface area contributed by atoms with Crippen molar-refractivity contribution < 1.29 is 13.9 Å². The third-order valence-electron chi connectivity index (χ3n) is 5.04. The minimum Gasteiger partial charge on any atom is -0.462 e. The summed E-state index contributed by atoms with van der Waals surface area (Å²) in [7, 11) is 0. The number of hydrogen-bond donors (Lipinski definition) is 0. The van der Waals surface area contributed by atoms with Crippen molar-refractivity contribution in [1.29, 1.82) is 0 Å². The van der Waals surface area contributed by atoms with Crippen LogP contribution >= 0.6 is 0 Å². The number of nitrogens with zero attached hydrogens (tertiary/aromatic N) is 1. The summed E-state index contributed by atoms with van der Waals surface area (Å²) in [6, 6.07) is 2.94. The van der Waals surface area contributed by atoms with Gasteiger partial charge in [-0.05, 0) is 50.3 Å². The third kappa shape index (κ3) is 3.60. The molecule has 134 valence electrons. The lowest BCUT2D eigenvalue weighted by molar-refractivity contribution is 0.0524. The fourth-order valence-electron chi connectivity index (χ4n) is 3.67. The van der Waals surface area contributed by atoms with Crippen LogP contribution in [0.2, 0.25) is 0 Å². The molecule has 1 saturated carbocycles. The molecule has 0 amide bonds. The van der Waals surface area contributed by atoms with Crippen molar-refractivity contribution in [2.24, 2.45) is 5.92 Å². The van der Waals surface area contributed by atoms with Gasteiger partial charge in [-0.15, -0.1) is 0 Å². The van der Waals surface area contributed by atoms with Crippen molar-refractivity contribution >= 4 is 16.9 Å². The van der Waals surface area contributed by atoms with E-state index in [1.807, 2.05) is 4.57 Å². The van der Waals surface area contributed by atoms with Gasteiger partial charge in [0.15, 0.2) is 0 Å². The van der Waals surface area contributed by atoms with Crippen LogP contribution in [0.5, 0.6) is 0 Å². The monoisotopic (exact) mass is 345 g/mol. The molecular weight excluding hydrogens is 321 g/mol. The van der Waals surface area contributed by atoms with Crippen LogP contribution in [0.4, 0.5) is 4.39 Å². The predicted octanol–water partition coefficient (Wildman–Crippen LogP) is 4.21. The van der Waals surface area contributed by atoms with Crippen LogP contribution in [0.25, 0.3) is 10.9 Å². The Morgan fingerprint density at radius 3 is 2.68 bits per heavy atom. The van der Waals surface area contributed by atoms with E-state index in [-0.39, 0.29) is 18.0 Å². The molecule has 5 heteroatoms. The molecule has 0 atom stereocenters. The quantitative estimate of drug-likeness (QED) is 0.780. The Labute approximate surface area is 146 Å². The van der Waals surface area contributed by atoms with Crippen molar-refractivity contribution in [3.05, 3.63) is 45.5 Å². The summed E-state index contributed by atoms with van der Waals surface area (Å²) >= 11 is 0. The first-order valence-electron chi connectivity index (χ1n) is 9.01. The summed E-state index contributed by atoms with van der Waals surface area (Å²) in [6.07, 6.45) is 7.44. The van der Waals surface area contributed by atoms with Gasteiger partial charge in [0.1, 0.15) is 11.4 Å². The van der Waals surface area contributed by atoms with E-state index in [1.165, 1.54) is 31.4 Å². The van der Waals surface area contributed by atoms with Crippen LogP contribution in [0.15, 0.2) is 23.1 Å². The molecule has 1 aliphatic rings. The number of carbonyl (C=O) groups excluding carboxylic acids is 1. The lowest BCUT2D eigenvalue weighted by atomic mass is 9.89. The molecule has 1 aromatic carbocycles. The molecule has 3 rings (SSSR count). The largest absolute Gasteiger partial charge is 0.462 e. The van der Waals surface area contributed by atoms with Crippen LogP contribution in [0.1, 0.15) is 54.9 Å². The molecule has 0 aliphatic heterocycles. The highest BCUT2D eigenvalue weighted by Crippen LogP contribution is 2.27. The molecule has 4 nitrogen and oxygen atoms in total. The molecule has 0 unspecified atom stereocenters. The van der Waals surface area contributed by atoms with E-state index < -0.39 is 11.4 Å². The minimum atomic E-state index is -0.617. The molecule has 0 saturated heterocycles. The second-order valence-electron chi connectivity index (χ2n) is 6.87. The van der Waals surface area contributed by atoms with Gasteiger partial charge in [0.05, 0.1) is 12.1 Å². The average Bonchev–Trinajstić information content (AvgIpc) is 2.60. The van der Waals surface area contributed by atoms with Crippen molar-refractivity contribution in [3.8, 4) is 0 Å². The van der Waals surface area contributed by atoms with Crippen LogP contribution in [0.3, 0.4) is 0 Å². The van der Waals surface area contributed by atoms with Gasteiger partial charge >= 0.3 is 5.97 Å². The van der Waals surface area contributed by atoms with E-state index in [1.54, 1.807) is 20.0 Å². The van der Waals surface area contributed by atoms with Gasteiger partial charge in [0, 0.05) is 18.1 Å². The first kappa shape index (κ1) is 17.6. The van der Waals surface area contributed by atoms with Crippen LogP contribution in [-0.2, 0) is 11.3 Å². The molecule has 25 heavy (non-hydrogen) atoms. The van der Waals surface area contributed by atoms with E-state index in [4.69, 9.17) is 4.74 Å². The summed E-state index contributed by atoms with van der Waals surface area (Å²) in [4.78, 5) is 24.9. The Balaban J connectivity index is 2.14. The summed E-state index contributed by atoms with van der Waals surface area (Å²) in [6.45, 7) is 4.23. The van der Waals surface area contributed by atoms with E-state index in [0.29, 0.717) is 28.9 Å². The molecule has 0 spiro atoms. The molecule has 0 bridgehead atoms. The summed E-state index contributed by atoms with van der Waals surface area (Å²) in [5.41, 5.74) is 0.578. The number of esters is 1. The molecule has 1 aliphatic carbocycles. The Morgan fingerprint density at radius 1 is 1.28 bits per heavy atom. The van der Waals surface area contributed by atoms with Crippen molar-refractivity contribution in [3.63, 3.8) is 0 Å².